The minimum atomic E-state index is 0.570. The number of benzene rings is 8. The Kier molecular flexibility index (Phi) is 5.57. The molecule has 5 heteroatoms. The molecule has 0 saturated heterocycles. The van der Waals surface area contributed by atoms with Gasteiger partial charge in [0.15, 0.2) is 11.6 Å². The maximum Gasteiger partial charge on any atom is 0.233 e. The molecule has 0 fully saturated rings. The summed E-state index contributed by atoms with van der Waals surface area (Å²) in [5, 5.41) is 11.5. The molecule has 0 aliphatic heterocycles. The fourth-order valence-corrected chi connectivity index (χ4v) is 9.26. The number of nitrogens with zero attached hydrogens (tertiary/aromatic N) is 4. The highest BCUT2D eigenvalue weighted by molar-refractivity contribution is 6.34. The van der Waals surface area contributed by atoms with Crippen LogP contribution in [0.3, 0.4) is 0 Å². The van der Waals surface area contributed by atoms with Crippen molar-refractivity contribution in [1.82, 2.24) is 18.9 Å². The van der Waals surface area contributed by atoms with E-state index in [2.05, 4.69) is 167 Å². The third kappa shape index (κ3) is 3.86. The van der Waals surface area contributed by atoms with Gasteiger partial charge in [0.05, 0.1) is 33.0 Å². The van der Waals surface area contributed by atoms with Gasteiger partial charge in [0.1, 0.15) is 5.58 Å². The summed E-state index contributed by atoms with van der Waals surface area (Å²) in [7, 11) is 0. The van der Waals surface area contributed by atoms with E-state index in [1.807, 2.05) is 12.1 Å². The SMILES string of the molecule is c1ccc(-c2ccc3c4cc5c6ccccc6n(-c6nc(-c7ccc8ccccc8c7)nc7oc8ccccc8c67)c5c5c6ccccc6n(c3c2)c45)cc1. The van der Waals surface area contributed by atoms with E-state index in [9.17, 15) is 0 Å². The lowest BCUT2D eigenvalue weighted by atomic mass is 10.0. The van der Waals surface area contributed by atoms with Gasteiger partial charge in [0.2, 0.25) is 5.71 Å². The standard InChI is InChI=1S/C50H28N4O/c1-2-12-29(13-3-1)32-24-25-35-39-28-38-34-16-6-9-19-40(34)54(47(38)44-36-17-7-10-20-41(36)53(46(39)44)42(35)27-32)49-45-37-18-8-11-21-43(37)55-50(45)52-48(51-49)33-23-22-30-14-4-5-15-31(30)26-33/h1-28H. The maximum absolute atomic E-state index is 6.58. The van der Waals surface area contributed by atoms with Gasteiger partial charge in [-0.3, -0.25) is 4.57 Å². The molecular formula is C50H28N4O. The van der Waals surface area contributed by atoms with E-state index >= 15 is 0 Å². The molecule has 13 aromatic rings. The second-order valence-corrected chi connectivity index (χ2v) is 14.6. The number of fused-ring (bicyclic) bond motifs is 14. The van der Waals surface area contributed by atoms with E-state index in [1.165, 1.54) is 65.4 Å². The van der Waals surface area contributed by atoms with Gasteiger partial charge >= 0.3 is 0 Å². The molecule has 0 spiro atoms. The second-order valence-electron chi connectivity index (χ2n) is 14.6. The first-order chi connectivity index (χ1) is 27.3. The zero-order chi connectivity index (χ0) is 35.8. The smallest absolute Gasteiger partial charge is 0.233 e. The Morgan fingerprint density at radius 2 is 1.09 bits per heavy atom. The molecule has 0 saturated carbocycles. The van der Waals surface area contributed by atoms with Crippen molar-refractivity contribution in [3.63, 3.8) is 0 Å². The van der Waals surface area contributed by atoms with Crippen molar-refractivity contribution in [3.05, 3.63) is 170 Å². The molecule has 5 nitrogen and oxygen atoms in total. The van der Waals surface area contributed by atoms with Crippen molar-refractivity contribution >= 4 is 92.7 Å². The van der Waals surface area contributed by atoms with E-state index < -0.39 is 0 Å². The van der Waals surface area contributed by atoms with Crippen molar-refractivity contribution in [2.75, 3.05) is 0 Å². The second kappa shape index (κ2) is 10.6. The van der Waals surface area contributed by atoms with Crippen LogP contribution in [0.4, 0.5) is 0 Å². The predicted octanol–water partition coefficient (Wildman–Crippen LogP) is 13.1. The minimum absolute atomic E-state index is 0.570. The van der Waals surface area contributed by atoms with Crippen LogP contribution >= 0.6 is 0 Å². The van der Waals surface area contributed by atoms with Gasteiger partial charge in [-0.1, -0.05) is 133 Å². The molecule has 13 rings (SSSR count). The number of furan rings is 1. The lowest BCUT2D eigenvalue weighted by Gasteiger charge is -2.12. The summed E-state index contributed by atoms with van der Waals surface area (Å²) in [5.74, 6) is 1.43. The third-order valence-electron chi connectivity index (χ3n) is 11.6. The zero-order valence-electron chi connectivity index (χ0n) is 29.4. The molecule has 5 aromatic heterocycles. The summed E-state index contributed by atoms with van der Waals surface area (Å²) in [5.41, 5.74) is 10.5. The van der Waals surface area contributed by atoms with E-state index in [-0.39, 0.29) is 0 Å². The van der Waals surface area contributed by atoms with Gasteiger partial charge in [-0.25, -0.2) is 4.98 Å². The molecule has 254 valence electrons. The van der Waals surface area contributed by atoms with Crippen LogP contribution in [-0.4, -0.2) is 18.9 Å². The average Bonchev–Trinajstić information content (AvgIpc) is 3.98. The molecule has 0 atom stereocenters. The van der Waals surface area contributed by atoms with Gasteiger partial charge in [-0.2, -0.15) is 4.98 Å². The largest absolute Gasteiger partial charge is 0.437 e. The Bertz CT molecular complexity index is 3720. The first kappa shape index (κ1) is 29.0. The van der Waals surface area contributed by atoms with Crippen LogP contribution in [-0.2, 0) is 0 Å². The molecule has 0 unspecified atom stereocenters. The number of aromatic nitrogens is 4. The zero-order valence-corrected chi connectivity index (χ0v) is 29.4. The van der Waals surface area contributed by atoms with Crippen molar-refractivity contribution in [1.29, 1.82) is 0 Å². The van der Waals surface area contributed by atoms with Crippen LogP contribution in [0.5, 0.6) is 0 Å². The predicted molar refractivity (Wildman–Crippen MR) is 227 cm³/mol. The Hall–Kier alpha value is -7.50. The fourth-order valence-electron chi connectivity index (χ4n) is 9.26. The Labute approximate surface area is 313 Å². The first-order valence-corrected chi connectivity index (χ1v) is 18.7. The molecule has 55 heavy (non-hydrogen) atoms. The van der Waals surface area contributed by atoms with Crippen molar-refractivity contribution < 1.29 is 4.42 Å². The highest BCUT2D eigenvalue weighted by Gasteiger charge is 2.27. The lowest BCUT2D eigenvalue weighted by Crippen LogP contribution is -2.02. The van der Waals surface area contributed by atoms with Gasteiger partial charge in [-0.05, 0) is 58.3 Å². The summed E-state index contributed by atoms with van der Waals surface area (Å²) < 4.78 is 11.4. The van der Waals surface area contributed by atoms with Crippen LogP contribution in [0.25, 0.3) is 121 Å². The Balaban J connectivity index is 1.22. The summed E-state index contributed by atoms with van der Waals surface area (Å²) in [6.45, 7) is 0. The fraction of sp³-hybridized carbons (Fsp3) is 0. The molecule has 0 amide bonds. The van der Waals surface area contributed by atoms with E-state index in [4.69, 9.17) is 14.4 Å². The normalized spacial score (nSPS) is 12.4. The van der Waals surface area contributed by atoms with Crippen molar-refractivity contribution in [2.45, 2.75) is 0 Å². The summed E-state index contributed by atoms with van der Waals surface area (Å²) in [6.07, 6.45) is 0. The molecule has 0 N–H and O–H groups in total. The van der Waals surface area contributed by atoms with Crippen LogP contribution in [0.1, 0.15) is 0 Å². The van der Waals surface area contributed by atoms with Crippen LogP contribution in [0, 0.1) is 0 Å². The van der Waals surface area contributed by atoms with E-state index in [1.54, 1.807) is 0 Å². The number of hydrogen-bond acceptors (Lipinski definition) is 3. The number of hydrogen-bond donors (Lipinski definition) is 0. The van der Waals surface area contributed by atoms with Crippen LogP contribution in [0.15, 0.2) is 174 Å². The summed E-state index contributed by atoms with van der Waals surface area (Å²) >= 11 is 0. The molecule has 5 heterocycles. The highest BCUT2D eigenvalue weighted by Crippen LogP contribution is 2.48. The topological polar surface area (TPSA) is 48.3 Å². The van der Waals surface area contributed by atoms with Gasteiger partial charge in [-0.15, -0.1) is 0 Å². The van der Waals surface area contributed by atoms with Gasteiger partial charge < -0.3 is 8.82 Å². The average molecular weight is 701 g/mol. The lowest BCUT2D eigenvalue weighted by molar-refractivity contribution is 0.653. The maximum atomic E-state index is 6.58. The molecule has 0 aliphatic carbocycles. The Morgan fingerprint density at radius 1 is 0.400 bits per heavy atom. The number of para-hydroxylation sites is 3. The molecule has 0 bridgehead atoms. The quantitative estimate of drug-likeness (QED) is 0.184. The third-order valence-corrected chi connectivity index (χ3v) is 11.6. The number of rotatable bonds is 3. The summed E-state index contributed by atoms with van der Waals surface area (Å²) in [4.78, 5) is 10.7. The Morgan fingerprint density at radius 3 is 1.98 bits per heavy atom. The van der Waals surface area contributed by atoms with Crippen molar-refractivity contribution in [3.8, 4) is 28.3 Å². The molecule has 0 radical (unpaired) electrons. The van der Waals surface area contributed by atoms with Crippen LogP contribution in [0.2, 0.25) is 0 Å². The molecule has 8 aromatic carbocycles. The van der Waals surface area contributed by atoms with E-state index in [0.29, 0.717) is 11.5 Å². The highest BCUT2D eigenvalue weighted by atomic mass is 16.3. The molecule has 0 aliphatic rings. The van der Waals surface area contributed by atoms with Crippen LogP contribution < -0.4 is 0 Å². The van der Waals surface area contributed by atoms with Gasteiger partial charge in [0, 0.05) is 43.3 Å². The monoisotopic (exact) mass is 700 g/mol. The first-order valence-electron chi connectivity index (χ1n) is 18.7. The molecular weight excluding hydrogens is 673 g/mol. The van der Waals surface area contributed by atoms with Gasteiger partial charge in [0.25, 0.3) is 0 Å². The van der Waals surface area contributed by atoms with E-state index in [0.717, 1.165) is 44.2 Å². The van der Waals surface area contributed by atoms with Crippen molar-refractivity contribution in [2.24, 2.45) is 0 Å². The summed E-state index contributed by atoms with van der Waals surface area (Å²) in [6, 6.07) is 60.6. The minimum Gasteiger partial charge on any atom is -0.437 e.